The molecule has 0 aliphatic rings. The molecule has 0 aliphatic heterocycles. The van der Waals surface area contributed by atoms with Crippen LogP contribution in [0.5, 0.6) is 0 Å². The topological polar surface area (TPSA) is 43.1 Å². The smallest absolute Gasteiger partial charge is 0.258 e. The Hall–Kier alpha value is -1.45. The average molecular weight is 185 g/mol. The molecule has 72 valence electrons. The van der Waals surface area contributed by atoms with Crippen LogP contribution >= 0.6 is 0 Å². The molecule has 3 nitrogen and oxygen atoms in total. The Bertz CT molecular complexity index is 300. The third kappa shape index (κ3) is 3.19. The van der Waals surface area contributed by atoms with E-state index < -0.39 is 10.7 Å². The maximum Gasteiger partial charge on any atom is 0.272 e. The number of aryl methyl sites for hydroxylation is 1. The maximum atomic E-state index is 12.6. The van der Waals surface area contributed by atoms with Crippen LogP contribution in [-0.4, -0.2) is 4.92 Å². The van der Waals surface area contributed by atoms with Gasteiger partial charge in [-0.25, -0.2) is 4.39 Å². The van der Waals surface area contributed by atoms with E-state index in [-0.39, 0.29) is 5.69 Å². The van der Waals surface area contributed by atoms with Gasteiger partial charge in [0.15, 0.2) is 0 Å². The first-order valence-electron chi connectivity index (χ1n) is 4.02. The van der Waals surface area contributed by atoms with E-state index in [1.54, 1.807) is 6.92 Å². The first-order valence-corrected chi connectivity index (χ1v) is 4.02. The first kappa shape index (κ1) is 11.6. The summed E-state index contributed by atoms with van der Waals surface area (Å²) in [4.78, 5) is 9.48. The van der Waals surface area contributed by atoms with Gasteiger partial charge in [0.2, 0.25) is 0 Å². The second-order valence-corrected chi connectivity index (χ2v) is 2.19. The molecule has 1 rings (SSSR count). The number of hydrogen-bond acceptors (Lipinski definition) is 2. The zero-order valence-corrected chi connectivity index (χ0v) is 7.87. The molecule has 13 heavy (non-hydrogen) atoms. The van der Waals surface area contributed by atoms with Crippen molar-refractivity contribution in [2.75, 3.05) is 0 Å². The largest absolute Gasteiger partial charge is 0.272 e. The van der Waals surface area contributed by atoms with Crippen molar-refractivity contribution in [3.8, 4) is 0 Å². The van der Waals surface area contributed by atoms with E-state index in [0.29, 0.717) is 5.56 Å². The van der Waals surface area contributed by atoms with Gasteiger partial charge in [-0.05, 0) is 18.6 Å². The van der Waals surface area contributed by atoms with Gasteiger partial charge in [-0.2, -0.15) is 0 Å². The molecule has 4 heteroatoms. The molecule has 0 amide bonds. The van der Waals surface area contributed by atoms with Gasteiger partial charge in [0.25, 0.3) is 5.69 Å². The zero-order chi connectivity index (χ0) is 10.4. The lowest BCUT2D eigenvalue weighted by atomic mass is 10.2. The first-order chi connectivity index (χ1) is 6.11. The molecule has 1 aromatic rings. The van der Waals surface area contributed by atoms with Gasteiger partial charge in [-0.1, -0.05) is 13.8 Å². The van der Waals surface area contributed by atoms with E-state index in [0.717, 1.165) is 6.07 Å². The van der Waals surface area contributed by atoms with Crippen molar-refractivity contribution >= 4 is 5.69 Å². The van der Waals surface area contributed by atoms with E-state index in [2.05, 4.69) is 0 Å². The van der Waals surface area contributed by atoms with Gasteiger partial charge in [0.1, 0.15) is 5.82 Å². The molecule has 0 N–H and O–H groups in total. The fraction of sp³-hybridized carbons (Fsp3) is 0.333. The molecule has 0 radical (unpaired) electrons. The van der Waals surface area contributed by atoms with Gasteiger partial charge in [0, 0.05) is 6.07 Å². The molecule has 0 aliphatic carbocycles. The van der Waals surface area contributed by atoms with Crippen LogP contribution in [0.1, 0.15) is 19.4 Å². The molecule has 0 unspecified atom stereocenters. The molecule has 1 aromatic carbocycles. The predicted octanol–water partition coefficient (Wildman–Crippen LogP) is 3.07. The Kier molecular flexibility index (Phi) is 4.66. The van der Waals surface area contributed by atoms with Crippen molar-refractivity contribution in [2.45, 2.75) is 20.8 Å². The summed E-state index contributed by atoms with van der Waals surface area (Å²) in [7, 11) is 0. The Balaban J connectivity index is 0.000000671. The molecule has 0 aromatic heterocycles. The number of non-ortho nitro benzene ring substituents is 1. The Labute approximate surface area is 76.4 Å². The van der Waals surface area contributed by atoms with Crippen LogP contribution in [0, 0.1) is 22.9 Å². The van der Waals surface area contributed by atoms with Gasteiger partial charge in [-0.3, -0.25) is 10.1 Å². The number of hydrogen-bond donors (Lipinski definition) is 0. The van der Waals surface area contributed by atoms with E-state index in [4.69, 9.17) is 0 Å². The number of benzene rings is 1. The molecular formula is C9H12FNO2. The van der Waals surface area contributed by atoms with Gasteiger partial charge >= 0.3 is 0 Å². The lowest BCUT2D eigenvalue weighted by Gasteiger charge is -1.93. The zero-order valence-electron chi connectivity index (χ0n) is 7.87. The second-order valence-electron chi connectivity index (χ2n) is 2.19. The SMILES string of the molecule is CC.Cc1ccc([N+](=O)[O-])cc1F. The standard InChI is InChI=1S/C7H6FNO2.C2H6/c1-5-2-3-6(9(10)11)4-7(5)8;1-2/h2-4H,1H3;1-2H3. The van der Waals surface area contributed by atoms with Crippen molar-refractivity contribution in [1.82, 2.24) is 0 Å². The molecule has 0 bridgehead atoms. The fourth-order valence-corrected chi connectivity index (χ4v) is 0.695. The minimum Gasteiger partial charge on any atom is -0.258 e. The summed E-state index contributed by atoms with van der Waals surface area (Å²) >= 11 is 0. The highest BCUT2D eigenvalue weighted by Gasteiger charge is 2.06. The Morgan fingerprint density at radius 2 is 1.92 bits per heavy atom. The van der Waals surface area contributed by atoms with Gasteiger partial charge in [-0.15, -0.1) is 0 Å². The summed E-state index contributed by atoms with van der Waals surface area (Å²) in [5.74, 6) is -0.542. The molecule has 0 atom stereocenters. The highest BCUT2D eigenvalue weighted by molar-refractivity contribution is 5.33. The summed E-state index contributed by atoms with van der Waals surface area (Å²) in [5.41, 5.74) is 0.198. The minimum absolute atomic E-state index is 0.215. The van der Waals surface area contributed by atoms with Crippen LogP contribution in [-0.2, 0) is 0 Å². The minimum atomic E-state index is -0.622. The quantitative estimate of drug-likeness (QED) is 0.498. The fourth-order valence-electron chi connectivity index (χ4n) is 0.695. The highest BCUT2D eigenvalue weighted by atomic mass is 19.1. The molecule has 0 saturated carbocycles. The Morgan fingerprint density at radius 1 is 1.38 bits per heavy atom. The van der Waals surface area contributed by atoms with E-state index in [1.807, 2.05) is 13.8 Å². The van der Waals surface area contributed by atoms with Crippen LogP contribution in [0.15, 0.2) is 18.2 Å². The number of nitrogens with zero attached hydrogens (tertiary/aromatic N) is 1. The molecule has 0 heterocycles. The number of nitro groups is 1. The average Bonchev–Trinajstić information content (AvgIpc) is 2.13. The Morgan fingerprint density at radius 3 is 2.31 bits per heavy atom. The lowest BCUT2D eigenvalue weighted by molar-refractivity contribution is -0.385. The number of rotatable bonds is 1. The molecule has 0 spiro atoms. The van der Waals surface area contributed by atoms with Crippen molar-refractivity contribution in [3.05, 3.63) is 39.7 Å². The van der Waals surface area contributed by atoms with E-state index in [9.17, 15) is 14.5 Å². The normalized spacial score (nSPS) is 8.62. The maximum absolute atomic E-state index is 12.6. The van der Waals surface area contributed by atoms with Crippen LogP contribution in [0.4, 0.5) is 10.1 Å². The van der Waals surface area contributed by atoms with E-state index >= 15 is 0 Å². The number of halogens is 1. The summed E-state index contributed by atoms with van der Waals surface area (Å²) in [6.07, 6.45) is 0. The highest BCUT2D eigenvalue weighted by Crippen LogP contribution is 2.14. The summed E-state index contributed by atoms with van der Waals surface area (Å²) in [6, 6.07) is 3.57. The van der Waals surface area contributed by atoms with Gasteiger partial charge in [0.05, 0.1) is 11.0 Å². The molecule has 0 fully saturated rings. The summed E-state index contributed by atoms with van der Waals surface area (Å²) < 4.78 is 12.6. The van der Waals surface area contributed by atoms with Crippen LogP contribution in [0.2, 0.25) is 0 Å². The lowest BCUT2D eigenvalue weighted by Crippen LogP contribution is -1.89. The van der Waals surface area contributed by atoms with Crippen molar-refractivity contribution < 1.29 is 9.31 Å². The summed E-state index contributed by atoms with van der Waals surface area (Å²) in [5, 5.41) is 10.1. The molecule has 0 saturated heterocycles. The van der Waals surface area contributed by atoms with Crippen molar-refractivity contribution in [3.63, 3.8) is 0 Å². The second kappa shape index (κ2) is 5.24. The van der Waals surface area contributed by atoms with Crippen molar-refractivity contribution in [1.29, 1.82) is 0 Å². The predicted molar refractivity (Wildman–Crippen MR) is 49.1 cm³/mol. The third-order valence-electron chi connectivity index (χ3n) is 1.37. The summed E-state index contributed by atoms with van der Waals surface area (Å²) in [6.45, 7) is 5.55. The van der Waals surface area contributed by atoms with E-state index in [1.165, 1.54) is 12.1 Å². The van der Waals surface area contributed by atoms with Crippen LogP contribution in [0.25, 0.3) is 0 Å². The third-order valence-corrected chi connectivity index (χ3v) is 1.37. The van der Waals surface area contributed by atoms with Crippen LogP contribution < -0.4 is 0 Å². The number of nitro benzene ring substituents is 1. The molecular weight excluding hydrogens is 173 g/mol. The van der Waals surface area contributed by atoms with Crippen LogP contribution in [0.3, 0.4) is 0 Å². The van der Waals surface area contributed by atoms with Crippen molar-refractivity contribution in [2.24, 2.45) is 0 Å². The monoisotopic (exact) mass is 185 g/mol. The van der Waals surface area contributed by atoms with Gasteiger partial charge < -0.3 is 0 Å².